The molecule has 3 amide bonds. The number of carbonyl (C=O) groups excluding carboxylic acids is 3. The molecule has 0 fully saturated rings. The highest BCUT2D eigenvalue weighted by molar-refractivity contribution is 5.96. The fraction of sp³-hybridized carbons (Fsp3) is 0.556. The molecule has 2 atom stereocenters. The van der Waals surface area contributed by atoms with Gasteiger partial charge in [0, 0.05) is 19.4 Å². The summed E-state index contributed by atoms with van der Waals surface area (Å²) in [7, 11) is 0. The van der Waals surface area contributed by atoms with Gasteiger partial charge < -0.3 is 40.7 Å². The zero-order chi connectivity index (χ0) is 31.2. The minimum Gasteiger partial charge on any atom is -0.481 e. The van der Waals surface area contributed by atoms with Gasteiger partial charge in [-0.15, -0.1) is 0 Å². The topological polar surface area (TPSA) is 218 Å². The van der Waals surface area contributed by atoms with Gasteiger partial charge in [0.2, 0.25) is 11.8 Å². The van der Waals surface area contributed by atoms with Crippen LogP contribution in [-0.4, -0.2) is 81.5 Å². The number of carboxylic acid groups (broad SMARTS) is 3. The average molecular weight is 582 g/mol. The lowest BCUT2D eigenvalue weighted by Crippen LogP contribution is -2.55. The molecule has 0 aromatic heterocycles. The number of ether oxygens (including phenoxy) is 2. The molecular weight excluding hydrogens is 542 g/mol. The number of hydrogen-bond donors (Lipinski definition) is 6. The van der Waals surface area contributed by atoms with Crippen LogP contribution >= 0.6 is 0 Å². The van der Waals surface area contributed by atoms with E-state index < -0.39 is 66.0 Å². The summed E-state index contributed by atoms with van der Waals surface area (Å²) in [5, 5.41) is 34.8. The molecule has 0 aliphatic carbocycles. The molecule has 0 aliphatic rings. The van der Waals surface area contributed by atoms with Gasteiger partial charge in [-0.3, -0.25) is 14.4 Å². The van der Waals surface area contributed by atoms with Crippen LogP contribution in [0.5, 0.6) is 5.75 Å². The van der Waals surface area contributed by atoms with E-state index in [0.29, 0.717) is 18.5 Å². The molecule has 41 heavy (non-hydrogen) atoms. The lowest BCUT2D eigenvalue weighted by atomic mass is 10.0. The fourth-order valence-corrected chi connectivity index (χ4v) is 3.46. The Morgan fingerprint density at radius 3 is 1.98 bits per heavy atom. The maximum atomic E-state index is 13.2. The van der Waals surface area contributed by atoms with E-state index in [1.807, 2.05) is 6.92 Å². The first-order valence-electron chi connectivity index (χ1n) is 13.1. The van der Waals surface area contributed by atoms with Crippen molar-refractivity contribution in [1.82, 2.24) is 16.0 Å². The van der Waals surface area contributed by atoms with Crippen molar-refractivity contribution in [2.75, 3.05) is 6.54 Å². The molecule has 0 radical (unpaired) electrons. The van der Waals surface area contributed by atoms with E-state index in [0.717, 1.165) is 12.8 Å². The summed E-state index contributed by atoms with van der Waals surface area (Å²) in [5.74, 6) is -5.89. The summed E-state index contributed by atoms with van der Waals surface area (Å²) >= 11 is 0. The fourth-order valence-electron chi connectivity index (χ4n) is 3.46. The van der Waals surface area contributed by atoms with E-state index in [-0.39, 0.29) is 18.6 Å². The van der Waals surface area contributed by atoms with Crippen LogP contribution in [-0.2, 0) is 35.1 Å². The molecule has 0 unspecified atom stereocenters. The van der Waals surface area contributed by atoms with Crippen LogP contribution in [0, 0.1) is 0 Å². The highest BCUT2D eigenvalue weighted by atomic mass is 16.6. The molecule has 14 heteroatoms. The third-order valence-corrected chi connectivity index (χ3v) is 5.43. The van der Waals surface area contributed by atoms with Crippen LogP contribution in [0.25, 0.3) is 0 Å². The first-order valence-corrected chi connectivity index (χ1v) is 13.1. The Kier molecular flexibility index (Phi) is 14.1. The normalized spacial score (nSPS) is 12.5. The van der Waals surface area contributed by atoms with Crippen LogP contribution in [0.3, 0.4) is 0 Å². The number of benzene rings is 1. The first kappa shape index (κ1) is 34.7. The molecule has 0 saturated carbocycles. The second-order valence-electron chi connectivity index (χ2n) is 10.2. The molecule has 1 aromatic rings. The zero-order valence-electron chi connectivity index (χ0n) is 23.6. The Hall–Kier alpha value is -4.36. The van der Waals surface area contributed by atoms with Crippen molar-refractivity contribution in [2.45, 2.75) is 90.0 Å². The van der Waals surface area contributed by atoms with Gasteiger partial charge in [-0.1, -0.05) is 31.9 Å². The van der Waals surface area contributed by atoms with Crippen molar-refractivity contribution in [3.63, 3.8) is 0 Å². The number of unbranched alkanes of at least 4 members (excludes halogenated alkanes) is 2. The lowest BCUT2D eigenvalue weighted by molar-refractivity contribution is -0.159. The molecule has 6 N–H and O–H groups in total. The smallest absolute Gasteiger partial charge is 0.408 e. The maximum absolute atomic E-state index is 13.2. The highest BCUT2D eigenvalue weighted by Gasteiger charge is 2.30. The monoisotopic (exact) mass is 581 g/mol. The molecule has 1 rings (SSSR count). The van der Waals surface area contributed by atoms with Gasteiger partial charge in [-0.25, -0.2) is 14.4 Å². The number of nitrogens with one attached hydrogen (secondary N) is 3. The molecule has 0 heterocycles. The SMILES string of the molecule is CCCCCNC(=O)[C@H](Cc1ccc(OC(C(=O)O)C(=O)O)cc1)NC(=O)[C@H](CCC(=O)O)NC(=O)OC(C)(C)C. The van der Waals surface area contributed by atoms with Crippen molar-refractivity contribution < 1.29 is 53.6 Å². The van der Waals surface area contributed by atoms with Gasteiger partial charge in [0.05, 0.1) is 0 Å². The van der Waals surface area contributed by atoms with Gasteiger partial charge in [-0.05, 0) is 51.3 Å². The molecular formula is C27H39N3O11. The van der Waals surface area contributed by atoms with Crippen molar-refractivity contribution >= 4 is 35.8 Å². The molecule has 0 aliphatic heterocycles. The summed E-state index contributed by atoms with van der Waals surface area (Å²) in [4.78, 5) is 71.8. The van der Waals surface area contributed by atoms with Crippen LogP contribution < -0.4 is 20.7 Å². The number of amides is 3. The summed E-state index contributed by atoms with van der Waals surface area (Å²) in [6.07, 6.45) is -1.25. The number of aliphatic carboxylic acids is 3. The van der Waals surface area contributed by atoms with E-state index in [1.54, 1.807) is 20.8 Å². The van der Waals surface area contributed by atoms with Crippen LogP contribution in [0.15, 0.2) is 24.3 Å². The predicted octanol–water partition coefficient (Wildman–Crippen LogP) is 1.70. The number of carboxylic acids is 3. The number of rotatable bonds is 17. The number of carbonyl (C=O) groups is 6. The summed E-state index contributed by atoms with van der Waals surface area (Å²) in [6, 6.07) is 3.16. The lowest BCUT2D eigenvalue weighted by Gasteiger charge is -2.25. The van der Waals surface area contributed by atoms with Gasteiger partial charge in [0.1, 0.15) is 23.4 Å². The molecule has 0 bridgehead atoms. The van der Waals surface area contributed by atoms with E-state index in [4.69, 9.17) is 24.8 Å². The minimum atomic E-state index is -2.11. The third-order valence-electron chi connectivity index (χ3n) is 5.43. The molecule has 14 nitrogen and oxygen atoms in total. The van der Waals surface area contributed by atoms with Gasteiger partial charge in [0.15, 0.2) is 0 Å². The Balaban J connectivity index is 3.11. The van der Waals surface area contributed by atoms with Crippen LogP contribution in [0.1, 0.15) is 65.4 Å². The Morgan fingerprint density at radius 1 is 0.854 bits per heavy atom. The quantitative estimate of drug-likeness (QED) is 0.115. The molecule has 1 aromatic carbocycles. The van der Waals surface area contributed by atoms with Crippen molar-refractivity contribution in [3.8, 4) is 5.75 Å². The second kappa shape index (κ2) is 16.7. The van der Waals surface area contributed by atoms with Crippen LogP contribution in [0.2, 0.25) is 0 Å². The van der Waals surface area contributed by atoms with E-state index in [9.17, 15) is 28.8 Å². The van der Waals surface area contributed by atoms with E-state index in [2.05, 4.69) is 16.0 Å². The first-order chi connectivity index (χ1) is 19.1. The second-order valence-corrected chi connectivity index (χ2v) is 10.2. The zero-order valence-corrected chi connectivity index (χ0v) is 23.6. The maximum Gasteiger partial charge on any atom is 0.408 e. The van der Waals surface area contributed by atoms with E-state index >= 15 is 0 Å². The van der Waals surface area contributed by atoms with E-state index in [1.165, 1.54) is 24.3 Å². The van der Waals surface area contributed by atoms with Gasteiger partial charge in [0.25, 0.3) is 6.10 Å². The van der Waals surface area contributed by atoms with Gasteiger partial charge in [-0.2, -0.15) is 0 Å². The Labute approximate surface area is 237 Å². The number of hydrogen-bond acceptors (Lipinski definition) is 8. The third kappa shape index (κ3) is 14.0. The average Bonchev–Trinajstić information content (AvgIpc) is 2.86. The van der Waals surface area contributed by atoms with Gasteiger partial charge >= 0.3 is 24.0 Å². The predicted molar refractivity (Wildman–Crippen MR) is 144 cm³/mol. The largest absolute Gasteiger partial charge is 0.481 e. The standard InChI is InChI=1S/C27H39N3O11/c1-5-6-7-14-28-22(33)19(15-16-8-10-17(11-9-16)40-21(24(35)36)25(37)38)29-23(34)18(12-13-20(31)32)30-26(39)41-27(2,3)4/h8-11,18-19,21H,5-7,12-15H2,1-4H3,(H,28,33)(H,29,34)(H,30,39)(H,31,32)(H,35,36)(H,37,38)/t18-,19-/m0/s1. The molecule has 0 saturated heterocycles. The van der Waals surface area contributed by atoms with Crippen molar-refractivity contribution in [3.05, 3.63) is 29.8 Å². The summed E-state index contributed by atoms with van der Waals surface area (Å²) in [5.41, 5.74) is -0.361. The van der Waals surface area contributed by atoms with Crippen molar-refractivity contribution in [1.29, 1.82) is 0 Å². The molecule has 0 spiro atoms. The Bertz CT molecular complexity index is 1050. The highest BCUT2D eigenvalue weighted by Crippen LogP contribution is 2.16. The Morgan fingerprint density at radius 2 is 1.46 bits per heavy atom. The minimum absolute atomic E-state index is 0.0367. The molecule has 228 valence electrons. The summed E-state index contributed by atoms with van der Waals surface area (Å²) < 4.78 is 10.2. The van der Waals surface area contributed by atoms with Crippen molar-refractivity contribution in [2.24, 2.45) is 0 Å². The summed E-state index contributed by atoms with van der Waals surface area (Å²) in [6.45, 7) is 7.23. The van der Waals surface area contributed by atoms with Crippen LogP contribution in [0.4, 0.5) is 4.79 Å². The number of alkyl carbamates (subject to hydrolysis) is 1.